The third kappa shape index (κ3) is 2.00. The maximum Gasteiger partial charge on any atom is 0.185 e. The lowest BCUT2D eigenvalue weighted by Crippen LogP contribution is -2.00. The van der Waals surface area contributed by atoms with Gasteiger partial charge in [0.25, 0.3) is 0 Å². The summed E-state index contributed by atoms with van der Waals surface area (Å²) in [4.78, 5) is 0. The molecule has 0 radical (unpaired) electrons. The van der Waals surface area contributed by atoms with Gasteiger partial charge in [0.2, 0.25) is 0 Å². The van der Waals surface area contributed by atoms with Gasteiger partial charge in [-0.2, -0.15) is 9.62 Å². The van der Waals surface area contributed by atoms with Gasteiger partial charge in [-0.15, -0.1) is 15.3 Å². The normalized spacial score (nSPS) is 11.6. The van der Waals surface area contributed by atoms with Crippen molar-refractivity contribution in [1.29, 1.82) is 0 Å². The van der Waals surface area contributed by atoms with Gasteiger partial charge >= 0.3 is 0 Å². The molecule has 3 heterocycles. The molecule has 0 bridgehead atoms. The summed E-state index contributed by atoms with van der Waals surface area (Å²) in [6.45, 7) is 0. The molecule has 21 heavy (non-hydrogen) atoms. The van der Waals surface area contributed by atoms with Crippen LogP contribution in [0.25, 0.3) is 16.4 Å². The molecular formula is C14H10N6O. The van der Waals surface area contributed by atoms with Gasteiger partial charge in [0.15, 0.2) is 11.5 Å². The van der Waals surface area contributed by atoms with Gasteiger partial charge in [-0.1, -0.05) is 24.3 Å². The number of nitrogens with zero attached hydrogens (tertiary/aromatic N) is 5. The standard InChI is InChI=1S/C14H10N6O/c1-2-6-12-11(5-1)13(19-20-9-16-18-14(12)20)17-15-8-10-4-3-7-21-10/h1-9H,(H,17,19)/b15-8-. The maximum atomic E-state index is 5.18. The Labute approximate surface area is 118 Å². The summed E-state index contributed by atoms with van der Waals surface area (Å²) in [6.07, 6.45) is 4.74. The molecule has 4 rings (SSSR count). The Kier molecular flexibility index (Phi) is 2.60. The van der Waals surface area contributed by atoms with Crippen LogP contribution in [0.5, 0.6) is 0 Å². The van der Waals surface area contributed by atoms with Crippen LogP contribution in [0, 0.1) is 0 Å². The highest BCUT2D eigenvalue weighted by atomic mass is 16.3. The van der Waals surface area contributed by atoms with Crippen molar-refractivity contribution in [1.82, 2.24) is 19.8 Å². The molecule has 3 aromatic heterocycles. The lowest BCUT2D eigenvalue weighted by Gasteiger charge is -2.05. The van der Waals surface area contributed by atoms with E-state index in [0.29, 0.717) is 17.2 Å². The first kappa shape index (κ1) is 11.6. The number of hydrogen-bond acceptors (Lipinski definition) is 6. The summed E-state index contributed by atoms with van der Waals surface area (Å²) in [7, 11) is 0. The van der Waals surface area contributed by atoms with E-state index < -0.39 is 0 Å². The van der Waals surface area contributed by atoms with Crippen molar-refractivity contribution < 1.29 is 4.42 Å². The number of fused-ring (bicyclic) bond motifs is 3. The predicted octanol–water partition coefficient (Wildman–Crippen LogP) is 2.32. The van der Waals surface area contributed by atoms with Crippen LogP contribution in [-0.4, -0.2) is 26.0 Å². The molecule has 7 heteroatoms. The zero-order chi connectivity index (χ0) is 14.1. The molecule has 0 unspecified atom stereocenters. The summed E-state index contributed by atoms with van der Waals surface area (Å²) in [5.74, 6) is 1.29. The molecule has 7 nitrogen and oxygen atoms in total. The third-order valence-electron chi connectivity index (χ3n) is 3.07. The molecule has 0 atom stereocenters. The lowest BCUT2D eigenvalue weighted by atomic mass is 10.2. The Morgan fingerprint density at radius 3 is 2.90 bits per heavy atom. The van der Waals surface area contributed by atoms with Crippen molar-refractivity contribution in [2.24, 2.45) is 5.10 Å². The Morgan fingerprint density at radius 2 is 2.05 bits per heavy atom. The van der Waals surface area contributed by atoms with Crippen molar-refractivity contribution in [2.45, 2.75) is 0 Å². The summed E-state index contributed by atoms with van der Waals surface area (Å²) in [5.41, 5.74) is 3.64. The fourth-order valence-electron chi connectivity index (χ4n) is 2.13. The molecule has 102 valence electrons. The highest BCUT2D eigenvalue weighted by Gasteiger charge is 2.08. The fourth-order valence-corrected chi connectivity index (χ4v) is 2.13. The largest absolute Gasteiger partial charge is 0.463 e. The van der Waals surface area contributed by atoms with Crippen LogP contribution >= 0.6 is 0 Å². The molecule has 0 saturated carbocycles. The van der Waals surface area contributed by atoms with Crippen molar-refractivity contribution >= 4 is 28.5 Å². The van der Waals surface area contributed by atoms with Crippen molar-refractivity contribution in [3.8, 4) is 0 Å². The molecule has 0 aliphatic carbocycles. The fraction of sp³-hybridized carbons (Fsp3) is 0. The highest BCUT2D eigenvalue weighted by molar-refractivity contribution is 5.99. The predicted molar refractivity (Wildman–Crippen MR) is 78.2 cm³/mol. The molecule has 0 aliphatic heterocycles. The minimum atomic E-state index is 0.626. The number of hydrazone groups is 1. The molecule has 0 amide bonds. The number of furan rings is 1. The Bertz CT molecular complexity index is 925. The second-order valence-electron chi connectivity index (χ2n) is 4.38. The van der Waals surface area contributed by atoms with E-state index in [2.05, 4.69) is 25.8 Å². The van der Waals surface area contributed by atoms with E-state index in [9.17, 15) is 0 Å². The SMILES string of the molecule is C(=N/Nc1nn2cnnc2c2ccccc12)/c1ccco1. The number of aromatic nitrogens is 4. The van der Waals surface area contributed by atoms with Gasteiger partial charge in [-0.25, -0.2) is 0 Å². The van der Waals surface area contributed by atoms with Crippen molar-refractivity contribution in [3.63, 3.8) is 0 Å². The van der Waals surface area contributed by atoms with Gasteiger partial charge in [0.1, 0.15) is 12.1 Å². The third-order valence-corrected chi connectivity index (χ3v) is 3.07. The quantitative estimate of drug-likeness (QED) is 0.459. The van der Waals surface area contributed by atoms with E-state index in [0.717, 1.165) is 10.8 Å². The van der Waals surface area contributed by atoms with Gasteiger partial charge in [-0.05, 0) is 12.1 Å². The first-order chi connectivity index (χ1) is 10.4. The molecule has 0 spiro atoms. The van der Waals surface area contributed by atoms with Crippen LogP contribution in [0.3, 0.4) is 0 Å². The Balaban J connectivity index is 1.79. The zero-order valence-corrected chi connectivity index (χ0v) is 10.8. The molecule has 1 N–H and O–H groups in total. The second-order valence-corrected chi connectivity index (χ2v) is 4.38. The number of anilines is 1. The van der Waals surface area contributed by atoms with Crippen LogP contribution in [0.4, 0.5) is 5.82 Å². The van der Waals surface area contributed by atoms with Crippen molar-refractivity contribution in [2.75, 3.05) is 5.43 Å². The summed E-state index contributed by atoms with van der Waals surface area (Å²) in [6, 6.07) is 11.5. The van der Waals surface area contributed by atoms with E-state index in [1.807, 2.05) is 30.3 Å². The molecule has 1 aromatic carbocycles. The zero-order valence-electron chi connectivity index (χ0n) is 10.8. The van der Waals surface area contributed by atoms with E-state index in [1.165, 1.54) is 0 Å². The average Bonchev–Trinajstić information content (AvgIpc) is 3.18. The lowest BCUT2D eigenvalue weighted by molar-refractivity contribution is 0.560. The molecule has 0 aliphatic rings. The topological polar surface area (TPSA) is 80.6 Å². The van der Waals surface area contributed by atoms with E-state index in [1.54, 1.807) is 29.4 Å². The number of benzene rings is 1. The molecule has 4 aromatic rings. The van der Waals surface area contributed by atoms with Crippen LogP contribution in [0.1, 0.15) is 5.76 Å². The second kappa shape index (κ2) is 4.71. The van der Waals surface area contributed by atoms with E-state index >= 15 is 0 Å². The maximum absolute atomic E-state index is 5.18. The first-order valence-corrected chi connectivity index (χ1v) is 6.33. The average molecular weight is 278 g/mol. The van der Waals surface area contributed by atoms with Gasteiger partial charge in [-0.3, -0.25) is 5.43 Å². The van der Waals surface area contributed by atoms with E-state index in [4.69, 9.17) is 4.42 Å². The highest BCUT2D eigenvalue weighted by Crippen LogP contribution is 2.23. The van der Waals surface area contributed by atoms with Crippen LogP contribution in [-0.2, 0) is 0 Å². The van der Waals surface area contributed by atoms with Crippen molar-refractivity contribution in [3.05, 3.63) is 54.7 Å². The van der Waals surface area contributed by atoms with E-state index in [-0.39, 0.29) is 0 Å². The van der Waals surface area contributed by atoms with Crippen LogP contribution < -0.4 is 5.43 Å². The summed E-state index contributed by atoms with van der Waals surface area (Å²) >= 11 is 0. The summed E-state index contributed by atoms with van der Waals surface area (Å²) in [5, 5.41) is 18.4. The number of nitrogens with one attached hydrogen (secondary N) is 1. The van der Waals surface area contributed by atoms with Gasteiger partial charge in [0.05, 0.1) is 12.5 Å². The molecule has 0 fully saturated rings. The smallest absolute Gasteiger partial charge is 0.185 e. The first-order valence-electron chi connectivity index (χ1n) is 6.33. The number of hydrogen-bond donors (Lipinski definition) is 1. The minimum absolute atomic E-state index is 0.626. The van der Waals surface area contributed by atoms with Crippen LogP contribution in [0.2, 0.25) is 0 Å². The van der Waals surface area contributed by atoms with Gasteiger partial charge < -0.3 is 4.42 Å². The van der Waals surface area contributed by atoms with Gasteiger partial charge in [0, 0.05) is 10.8 Å². The molecular weight excluding hydrogens is 268 g/mol. The minimum Gasteiger partial charge on any atom is -0.463 e. The Hall–Kier alpha value is -3.22. The molecule has 0 saturated heterocycles. The summed E-state index contributed by atoms with van der Waals surface area (Å²) < 4.78 is 6.80. The van der Waals surface area contributed by atoms with Crippen LogP contribution in [0.15, 0.2) is 58.5 Å². The number of rotatable bonds is 3. The Morgan fingerprint density at radius 1 is 1.14 bits per heavy atom. The monoisotopic (exact) mass is 278 g/mol.